The standard InChI is InChI=1S/C18H12Cl2N4O6/c1-23-16(18(26)27)13(8-21-23)17(25)22-10-5-11(24(28)29)7-12(6-10)30-15-3-2-9(19)4-14(15)20/h2-8H,1H3,(H,22,25)(H,26,27). The van der Waals surface area contributed by atoms with Crippen molar-refractivity contribution < 1.29 is 24.4 Å². The lowest BCUT2D eigenvalue weighted by Gasteiger charge is -2.10. The Bertz CT molecular complexity index is 1180. The van der Waals surface area contributed by atoms with Crippen molar-refractivity contribution in [2.24, 2.45) is 7.05 Å². The predicted molar refractivity (Wildman–Crippen MR) is 108 cm³/mol. The number of nitrogens with zero attached hydrogens (tertiary/aromatic N) is 3. The number of nitro benzene ring substituents is 1. The van der Waals surface area contributed by atoms with Gasteiger partial charge in [-0.15, -0.1) is 0 Å². The van der Waals surface area contributed by atoms with Crippen LogP contribution in [0.5, 0.6) is 11.5 Å². The summed E-state index contributed by atoms with van der Waals surface area (Å²) >= 11 is 11.9. The molecule has 0 radical (unpaired) electrons. The number of halogens is 2. The Morgan fingerprint density at radius 3 is 2.60 bits per heavy atom. The van der Waals surface area contributed by atoms with Gasteiger partial charge in [-0.05, 0) is 18.2 Å². The second-order valence-corrected chi connectivity index (χ2v) is 6.78. The highest BCUT2D eigenvalue weighted by Crippen LogP contribution is 2.34. The smallest absolute Gasteiger partial charge is 0.354 e. The minimum absolute atomic E-state index is 0.00878. The van der Waals surface area contributed by atoms with Gasteiger partial charge in [-0.2, -0.15) is 5.10 Å². The summed E-state index contributed by atoms with van der Waals surface area (Å²) in [5, 5.41) is 27.3. The molecule has 0 unspecified atom stereocenters. The Balaban J connectivity index is 1.94. The van der Waals surface area contributed by atoms with Crippen LogP contribution >= 0.6 is 23.2 Å². The van der Waals surface area contributed by atoms with E-state index in [2.05, 4.69) is 10.4 Å². The number of carbonyl (C=O) groups excluding carboxylic acids is 1. The van der Waals surface area contributed by atoms with E-state index < -0.39 is 16.8 Å². The fourth-order valence-electron chi connectivity index (χ4n) is 2.56. The highest BCUT2D eigenvalue weighted by atomic mass is 35.5. The average Bonchev–Trinajstić information content (AvgIpc) is 3.06. The van der Waals surface area contributed by atoms with Crippen LogP contribution in [0, 0.1) is 10.1 Å². The Morgan fingerprint density at radius 1 is 1.23 bits per heavy atom. The number of rotatable bonds is 6. The maximum atomic E-state index is 12.5. The average molecular weight is 451 g/mol. The summed E-state index contributed by atoms with van der Waals surface area (Å²) in [6.45, 7) is 0. The molecule has 1 aromatic heterocycles. The Labute approximate surface area is 178 Å². The van der Waals surface area contributed by atoms with E-state index in [1.54, 1.807) is 0 Å². The summed E-state index contributed by atoms with van der Waals surface area (Å²) in [4.78, 5) is 34.5. The van der Waals surface area contributed by atoms with Gasteiger partial charge in [0.25, 0.3) is 11.6 Å². The molecule has 10 nitrogen and oxygen atoms in total. The summed E-state index contributed by atoms with van der Waals surface area (Å²) in [5.74, 6) is -1.94. The number of hydrogen-bond acceptors (Lipinski definition) is 6. The zero-order chi connectivity index (χ0) is 22.0. The third-order valence-electron chi connectivity index (χ3n) is 3.87. The maximum absolute atomic E-state index is 12.5. The van der Waals surface area contributed by atoms with Crippen molar-refractivity contribution in [3.8, 4) is 11.5 Å². The van der Waals surface area contributed by atoms with Crippen LogP contribution in [-0.4, -0.2) is 31.7 Å². The number of carboxylic acids is 1. The van der Waals surface area contributed by atoms with Crippen LogP contribution < -0.4 is 10.1 Å². The number of non-ortho nitro benzene ring substituents is 1. The van der Waals surface area contributed by atoms with Gasteiger partial charge in [0.15, 0.2) is 5.69 Å². The van der Waals surface area contributed by atoms with Crippen molar-refractivity contribution in [3.63, 3.8) is 0 Å². The van der Waals surface area contributed by atoms with Crippen LogP contribution in [-0.2, 0) is 7.05 Å². The lowest BCUT2D eigenvalue weighted by molar-refractivity contribution is -0.384. The first-order chi connectivity index (χ1) is 14.2. The molecule has 0 fully saturated rings. The van der Waals surface area contributed by atoms with Gasteiger partial charge < -0.3 is 15.2 Å². The molecule has 0 saturated heterocycles. The lowest BCUT2D eigenvalue weighted by atomic mass is 10.2. The number of aryl methyl sites for hydroxylation is 1. The number of aromatic carboxylic acids is 1. The number of carbonyl (C=O) groups is 2. The quantitative estimate of drug-likeness (QED) is 0.419. The molecule has 3 aromatic rings. The van der Waals surface area contributed by atoms with Gasteiger partial charge in [0.05, 0.1) is 33.5 Å². The molecule has 1 heterocycles. The van der Waals surface area contributed by atoms with E-state index in [1.165, 1.54) is 31.3 Å². The number of hydrogen-bond donors (Lipinski definition) is 2. The molecule has 0 saturated carbocycles. The Morgan fingerprint density at radius 2 is 1.97 bits per heavy atom. The first-order valence-electron chi connectivity index (χ1n) is 8.14. The molecular formula is C18H12Cl2N4O6. The highest BCUT2D eigenvalue weighted by molar-refractivity contribution is 6.35. The lowest BCUT2D eigenvalue weighted by Crippen LogP contribution is -2.17. The van der Waals surface area contributed by atoms with Gasteiger partial charge in [-0.1, -0.05) is 23.2 Å². The SMILES string of the molecule is Cn1ncc(C(=O)Nc2cc(Oc3ccc(Cl)cc3Cl)cc([N+](=O)[O-])c2)c1C(=O)O. The Kier molecular flexibility index (Phi) is 5.90. The molecule has 12 heteroatoms. The minimum Gasteiger partial charge on any atom is -0.477 e. The summed E-state index contributed by atoms with van der Waals surface area (Å²) in [5.41, 5.74) is -0.894. The number of nitrogens with one attached hydrogen (secondary N) is 1. The van der Waals surface area contributed by atoms with Gasteiger partial charge in [0.1, 0.15) is 11.5 Å². The molecule has 30 heavy (non-hydrogen) atoms. The fraction of sp³-hybridized carbons (Fsp3) is 0.0556. The van der Waals surface area contributed by atoms with E-state index in [0.29, 0.717) is 5.02 Å². The van der Waals surface area contributed by atoms with E-state index in [1.807, 2.05) is 0 Å². The van der Waals surface area contributed by atoms with Crippen LogP contribution in [0.15, 0.2) is 42.6 Å². The van der Waals surface area contributed by atoms with Gasteiger partial charge in [0, 0.05) is 24.2 Å². The second-order valence-electron chi connectivity index (χ2n) is 5.94. The summed E-state index contributed by atoms with van der Waals surface area (Å²) in [7, 11) is 1.37. The zero-order valence-electron chi connectivity index (χ0n) is 15.1. The number of benzene rings is 2. The maximum Gasteiger partial charge on any atom is 0.354 e. The molecule has 3 rings (SSSR count). The van der Waals surface area contributed by atoms with Gasteiger partial charge in [0.2, 0.25) is 0 Å². The van der Waals surface area contributed by atoms with Crippen LogP contribution in [0.3, 0.4) is 0 Å². The number of carboxylic acid groups (broad SMARTS) is 1. The number of ether oxygens (including phenoxy) is 1. The van der Waals surface area contributed by atoms with Crippen LogP contribution in [0.25, 0.3) is 0 Å². The Hall–Kier alpha value is -3.63. The van der Waals surface area contributed by atoms with Crippen molar-refractivity contribution >= 4 is 46.5 Å². The molecule has 0 aliphatic carbocycles. The van der Waals surface area contributed by atoms with E-state index in [0.717, 1.165) is 23.0 Å². The second kappa shape index (κ2) is 8.39. The van der Waals surface area contributed by atoms with Gasteiger partial charge in [-0.25, -0.2) is 4.79 Å². The highest BCUT2D eigenvalue weighted by Gasteiger charge is 2.22. The number of anilines is 1. The van der Waals surface area contributed by atoms with Gasteiger partial charge in [-0.3, -0.25) is 19.6 Å². The summed E-state index contributed by atoms with van der Waals surface area (Å²) in [6, 6.07) is 8.02. The van der Waals surface area contributed by atoms with Crippen LogP contribution in [0.4, 0.5) is 11.4 Å². The molecule has 2 N–H and O–H groups in total. The largest absolute Gasteiger partial charge is 0.477 e. The first-order valence-corrected chi connectivity index (χ1v) is 8.90. The predicted octanol–water partition coefficient (Wildman–Crippen LogP) is 4.38. The van der Waals surface area contributed by atoms with E-state index in [-0.39, 0.29) is 39.2 Å². The number of nitro groups is 1. The summed E-state index contributed by atoms with van der Waals surface area (Å²) in [6.07, 6.45) is 1.08. The molecule has 0 aliphatic rings. The van der Waals surface area contributed by atoms with E-state index >= 15 is 0 Å². The molecule has 0 aliphatic heterocycles. The normalized spacial score (nSPS) is 10.5. The number of amides is 1. The van der Waals surface area contributed by atoms with Crippen LogP contribution in [0.2, 0.25) is 10.0 Å². The van der Waals surface area contributed by atoms with E-state index in [4.69, 9.17) is 27.9 Å². The molecule has 0 spiro atoms. The van der Waals surface area contributed by atoms with Crippen molar-refractivity contribution in [2.45, 2.75) is 0 Å². The molecule has 2 aromatic carbocycles. The first kappa shape index (κ1) is 21.1. The fourth-order valence-corrected chi connectivity index (χ4v) is 3.01. The number of aromatic nitrogens is 2. The molecule has 0 atom stereocenters. The topological polar surface area (TPSA) is 137 Å². The van der Waals surface area contributed by atoms with Crippen molar-refractivity contribution in [2.75, 3.05) is 5.32 Å². The monoisotopic (exact) mass is 450 g/mol. The zero-order valence-corrected chi connectivity index (χ0v) is 16.6. The third-order valence-corrected chi connectivity index (χ3v) is 4.40. The van der Waals surface area contributed by atoms with Gasteiger partial charge >= 0.3 is 5.97 Å². The molecule has 0 bridgehead atoms. The summed E-state index contributed by atoms with van der Waals surface area (Å²) < 4.78 is 6.62. The molecule has 154 valence electrons. The van der Waals surface area contributed by atoms with E-state index in [9.17, 15) is 24.8 Å². The molecule has 1 amide bonds. The third kappa shape index (κ3) is 4.50. The van der Waals surface area contributed by atoms with Crippen molar-refractivity contribution in [1.29, 1.82) is 0 Å². The van der Waals surface area contributed by atoms with Crippen molar-refractivity contribution in [1.82, 2.24) is 9.78 Å². The van der Waals surface area contributed by atoms with Crippen molar-refractivity contribution in [3.05, 3.63) is 74.0 Å². The minimum atomic E-state index is -1.35. The molecular weight excluding hydrogens is 439 g/mol. The van der Waals surface area contributed by atoms with Crippen LogP contribution in [0.1, 0.15) is 20.8 Å².